The summed E-state index contributed by atoms with van der Waals surface area (Å²) in [5.74, 6) is -1.28. The zero-order chi connectivity index (χ0) is 12.4. The minimum absolute atomic E-state index is 0.368. The number of benzene rings is 1. The van der Waals surface area contributed by atoms with E-state index in [0.29, 0.717) is 11.3 Å². The summed E-state index contributed by atoms with van der Waals surface area (Å²) < 4.78 is 0. The number of hydrogen-bond donors (Lipinski definition) is 2. The van der Waals surface area contributed by atoms with Gasteiger partial charge in [0.2, 0.25) is 5.75 Å². The molecule has 0 atom stereocenters. The number of pyridine rings is 1. The van der Waals surface area contributed by atoms with Crippen LogP contribution in [-0.4, -0.2) is 20.1 Å². The zero-order valence-corrected chi connectivity index (χ0v) is 8.57. The summed E-state index contributed by atoms with van der Waals surface area (Å²) in [5.41, 5.74) is 0.296. The van der Waals surface area contributed by atoms with Crippen molar-refractivity contribution in [3.63, 3.8) is 0 Å². The average molecular weight is 232 g/mol. The second-order valence-corrected chi connectivity index (χ2v) is 3.34. The number of nitro groups is 1. The molecule has 1 heterocycles. The lowest BCUT2D eigenvalue weighted by Crippen LogP contribution is -1.91. The Hall–Kier alpha value is -2.63. The van der Waals surface area contributed by atoms with Gasteiger partial charge in [-0.15, -0.1) is 0 Å². The van der Waals surface area contributed by atoms with Crippen molar-refractivity contribution < 1.29 is 15.1 Å². The van der Waals surface area contributed by atoms with Gasteiger partial charge in [0.1, 0.15) is 0 Å². The van der Waals surface area contributed by atoms with Crippen LogP contribution in [-0.2, 0) is 0 Å². The molecule has 0 spiro atoms. The molecule has 6 heteroatoms. The van der Waals surface area contributed by atoms with Gasteiger partial charge in [-0.05, 0) is 18.2 Å². The number of phenols is 2. The van der Waals surface area contributed by atoms with Gasteiger partial charge in [0, 0.05) is 17.8 Å². The summed E-state index contributed by atoms with van der Waals surface area (Å²) >= 11 is 0. The molecule has 0 bridgehead atoms. The summed E-state index contributed by atoms with van der Waals surface area (Å²) in [6.07, 6.45) is 1.53. The molecule has 6 nitrogen and oxygen atoms in total. The number of nitro benzene ring substituents is 1. The lowest BCUT2D eigenvalue weighted by molar-refractivity contribution is -0.385. The molecule has 0 saturated heterocycles. The van der Waals surface area contributed by atoms with Gasteiger partial charge in [0.25, 0.3) is 0 Å². The predicted molar refractivity (Wildman–Crippen MR) is 59.7 cm³/mol. The molecule has 0 aliphatic rings. The molecule has 1 aromatic carbocycles. The quantitative estimate of drug-likeness (QED) is 0.469. The molecule has 0 saturated carbocycles. The van der Waals surface area contributed by atoms with Gasteiger partial charge in [-0.2, -0.15) is 0 Å². The van der Waals surface area contributed by atoms with Crippen LogP contribution < -0.4 is 0 Å². The van der Waals surface area contributed by atoms with Crippen LogP contribution in [0.15, 0.2) is 36.5 Å². The number of aromatic nitrogens is 1. The molecule has 2 N–H and O–H groups in total. The van der Waals surface area contributed by atoms with Crippen LogP contribution in [0.25, 0.3) is 11.3 Å². The van der Waals surface area contributed by atoms with Gasteiger partial charge in [-0.3, -0.25) is 15.1 Å². The second-order valence-electron chi connectivity index (χ2n) is 3.34. The molecule has 86 valence electrons. The summed E-state index contributed by atoms with van der Waals surface area (Å²) in [7, 11) is 0. The van der Waals surface area contributed by atoms with Gasteiger partial charge in [0.05, 0.1) is 10.6 Å². The van der Waals surface area contributed by atoms with E-state index in [1.165, 1.54) is 12.3 Å². The van der Waals surface area contributed by atoms with Gasteiger partial charge in [-0.1, -0.05) is 6.07 Å². The first-order valence-corrected chi connectivity index (χ1v) is 4.71. The van der Waals surface area contributed by atoms with Crippen molar-refractivity contribution in [2.45, 2.75) is 0 Å². The average Bonchev–Trinajstić information content (AvgIpc) is 2.33. The van der Waals surface area contributed by atoms with Crippen LogP contribution in [0.1, 0.15) is 0 Å². The Bertz CT molecular complexity index is 569. The molecule has 0 radical (unpaired) electrons. The normalized spacial score (nSPS) is 10.1. The van der Waals surface area contributed by atoms with Crippen LogP contribution >= 0.6 is 0 Å². The predicted octanol–water partition coefficient (Wildman–Crippen LogP) is 2.07. The molecule has 2 aromatic rings. The second kappa shape index (κ2) is 4.09. The Morgan fingerprint density at radius 3 is 2.59 bits per heavy atom. The summed E-state index contributed by atoms with van der Waals surface area (Å²) in [4.78, 5) is 13.9. The molecular formula is C11H8N2O4. The van der Waals surface area contributed by atoms with E-state index in [2.05, 4.69) is 4.98 Å². The SMILES string of the molecule is O=[N+]([O-])c1cc(-c2ccccn2)cc(O)c1O. The number of aromatic hydroxyl groups is 2. The molecule has 0 fully saturated rings. The molecular weight excluding hydrogens is 224 g/mol. The maximum atomic E-state index is 10.7. The van der Waals surface area contributed by atoms with E-state index in [-0.39, 0.29) is 0 Å². The van der Waals surface area contributed by atoms with E-state index in [9.17, 15) is 20.3 Å². The van der Waals surface area contributed by atoms with Crippen LogP contribution in [0.2, 0.25) is 0 Å². The van der Waals surface area contributed by atoms with E-state index in [1.54, 1.807) is 18.2 Å². The van der Waals surface area contributed by atoms with Gasteiger partial charge >= 0.3 is 5.69 Å². The monoisotopic (exact) mass is 232 g/mol. The third-order valence-corrected chi connectivity index (χ3v) is 2.23. The fourth-order valence-electron chi connectivity index (χ4n) is 1.42. The maximum Gasteiger partial charge on any atom is 0.315 e. The highest BCUT2D eigenvalue weighted by Crippen LogP contribution is 2.38. The van der Waals surface area contributed by atoms with E-state index < -0.39 is 22.1 Å². The first-order chi connectivity index (χ1) is 8.09. The van der Waals surface area contributed by atoms with Crippen LogP contribution in [0.3, 0.4) is 0 Å². The summed E-state index contributed by atoms with van der Waals surface area (Å²) in [6, 6.07) is 7.47. The minimum atomic E-state index is -0.762. The first-order valence-electron chi connectivity index (χ1n) is 4.71. The third kappa shape index (κ3) is 2.00. The van der Waals surface area contributed by atoms with Crippen molar-refractivity contribution in [3.8, 4) is 22.8 Å². The molecule has 0 unspecified atom stereocenters. The van der Waals surface area contributed by atoms with E-state index in [0.717, 1.165) is 6.07 Å². The van der Waals surface area contributed by atoms with Crippen molar-refractivity contribution >= 4 is 5.69 Å². The number of phenolic OH excluding ortho intramolecular Hbond substituents is 2. The van der Waals surface area contributed by atoms with E-state index in [1.807, 2.05) is 0 Å². The summed E-state index contributed by atoms with van der Waals surface area (Å²) in [6.45, 7) is 0. The Labute approximate surface area is 95.9 Å². The van der Waals surface area contributed by atoms with Crippen LogP contribution in [0.4, 0.5) is 5.69 Å². The molecule has 17 heavy (non-hydrogen) atoms. The van der Waals surface area contributed by atoms with Crippen molar-refractivity contribution in [1.29, 1.82) is 0 Å². The highest BCUT2D eigenvalue weighted by Gasteiger charge is 2.19. The Morgan fingerprint density at radius 1 is 1.24 bits per heavy atom. The molecule has 1 aromatic heterocycles. The Kier molecular flexibility index (Phi) is 2.61. The van der Waals surface area contributed by atoms with Gasteiger partial charge in [0.15, 0.2) is 5.75 Å². The van der Waals surface area contributed by atoms with Crippen molar-refractivity contribution in [1.82, 2.24) is 4.98 Å². The lowest BCUT2D eigenvalue weighted by Gasteiger charge is -2.03. The first kappa shape index (κ1) is 10.9. The van der Waals surface area contributed by atoms with Crippen LogP contribution in [0, 0.1) is 10.1 Å². The highest BCUT2D eigenvalue weighted by molar-refractivity contribution is 5.69. The minimum Gasteiger partial charge on any atom is -0.504 e. The van der Waals surface area contributed by atoms with Gasteiger partial charge < -0.3 is 10.2 Å². The van der Waals surface area contributed by atoms with Crippen molar-refractivity contribution in [3.05, 3.63) is 46.6 Å². The maximum absolute atomic E-state index is 10.7. The molecule has 0 aliphatic heterocycles. The smallest absolute Gasteiger partial charge is 0.315 e. The fraction of sp³-hybridized carbons (Fsp3) is 0. The van der Waals surface area contributed by atoms with Gasteiger partial charge in [-0.25, -0.2) is 0 Å². The summed E-state index contributed by atoms with van der Waals surface area (Å²) in [5, 5.41) is 29.4. The number of hydrogen-bond acceptors (Lipinski definition) is 5. The number of rotatable bonds is 2. The molecule has 0 aliphatic carbocycles. The van der Waals surface area contributed by atoms with Crippen molar-refractivity contribution in [2.24, 2.45) is 0 Å². The standard InChI is InChI=1S/C11H8N2O4/c14-10-6-7(8-3-1-2-4-12-8)5-9(11(10)15)13(16)17/h1-6,14-15H. The highest BCUT2D eigenvalue weighted by atomic mass is 16.6. The topological polar surface area (TPSA) is 96.5 Å². The number of nitrogens with zero attached hydrogens (tertiary/aromatic N) is 2. The van der Waals surface area contributed by atoms with Crippen LogP contribution in [0.5, 0.6) is 11.5 Å². The largest absolute Gasteiger partial charge is 0.504 e. The lowest BCUT2D eigenvalue weighted by atomic mass is 10.1. The van der Waals surface area contributed by atoms with Crippen molar-refractivity contribution in [2.75, 3.05) is 0 Å². The van der Waals surface area contributed by atoms with E-state index >= 15 is 0 Å². The zero-order valence-electron chi connectivity index (χ0n) is 8.57. The third-order valence-electron chi connectivity index (χ3n) is 2.23. The Morgan fingerprint density at radius 2 is 2.00 bits per heavy atom. The molecule has 0 amide bonds. The Balaban J connectivity index is 2.61. The fourth-order valence-corrected chi connectivity index (χ4v) is 1.42. The van der Waals surface area contributed by atoms with E-state index in [4.69, 9.17) is 0 Å². The molecule has 2 rings (SSSR count).